The minimum atomic E-state index is -0.804. The maximum atomic E-state index is 12.3. The number of hydrogen-bond donors (Lipinski definition) is 1. The first-order valence-electron chi connectivity index (χ1n) is 7.38. The molecule has 0 aromatic heterocycles. The van der Waals surface area contributed by atoms with Crippen molar-refractivity contribution < 1.29 is 19.4 Å². The summed E-state index contributed by atoms with van der Waals surface area (Å²) in [5, 5.41) is 9.08. The number of carboxylic acid groups (broad SMARTS) is 1. The second-order valence-corrected chi connectivity index (χ2v) is 5.73. The molecule has 1 fully saturated rings. The lowest BCUT2D eigenvalue weighted by atomic mass is 9.97. The minimum absolute atomic E-state index is 0.0137. The number of aliphatic carboxylic acids is 1. The lowest BCUT2D eigenvalue weighted by Gasteiger charge is -2.30. The molecule has 0 radical (unpaired) electrons. The van der Waals surface area contributed by atoms with Crippen LogP contribution in [-0.4, -0.2) is 41.6 Å². The van der Waals surface area contributed by atoms with Gasteiger partial charge in [0, 0.05) is 19.5 Å². The van der Waals surface area contributed by atoms with E-state index < -0.39 is 11.9 Å². The van der Waals surface area contributed by atoms with E-state index in [0.717, 1.165) is 29.7 Å². The van der Waals surface area contributed by atoms with Crippen LogP contribution in [0.4, 0.5) is 0 Å². The van der Waals surface area contributed by atoms with E-state index in [0.29, 0.717) is 32.5 Å². The van der Waals surface area contributed by atoms with Crippen LogP contribution in [0.15, 0.2) is 18.2 Å². The first kappa shape index (κ1) is 13.9. The molecule has 21 heavy (non-hydrogen) atoms. The molecule has 0 aliphatic carbocycles. The Balaban J connectivity index is 1.64. The number of likely N-dealkylation sites (tertiary alicyclic amines) is 1. The molecule has 0 unspecified atom stereocenters. The molecule has 2 heterocycles. The average Bonchev–Trinajstić information content (AvgIpc) is 2.95. The summed E-state index contributed by atoms with van der Waals surface area (Å²) in [4.78, 5) is 25.1. The number of fused-ring (bicyclic) bond motifs is 1. The van der Waals surface area contributed by atoms with Gasteiger partial charge >= 0.3 is 5.97 Å². The average molecular weight is 289 g/mol. The van der Waals surface area contributed by atoms with Crippen molar-refractivity contribution in [3.8, 4) is 5.75 Å². The predicted molar refractivity (Wildman–Crippen MR) is 76.3 cm³/mol. The number of benzene rings is 1. The van der Waals surface area contributed by atoms with Gasteiger partial charge in [-0.25, -0.2) is 0 Å². The molecule has 0 bridgehead atoms. The van der Waals surface area contributed by atoms with E-state index >= 15 is 0 Å². The fraction of sp³-hybridized carbons (Fsp3) is 0.500. The summed E-state index contributed by atoms with van der Waals surface area (Å²) in [6, 6.07) is 5.86. The number of nitrogens with zero attached hydrogens (tertiary/aromatic N) is 1. The summed E-state index contributed by atoms with van der Waals surface area (Å²) in [6.45, 7) is 1.71. The standard InChI is InChI=1S/C16H19NO4/c18-15(17-6-1-2-13(10-17)16(19)20)9-11-3-4-14-12(8-11)5-7-21-14/h3-4,8,13H,1-2,5-7,9-10H2,(H,19,20)/t13-/m1/s1. The van der Waals surface area contributed by atoms with E-state index in [1.165, 1.54) is 0 Å². The molecule has 1 amide bonds. The number of amides is 1. The fourth-order valence-electron chi connectivity index (χ4n) is 3.04. The van der Waals surface area contributed by atoms with Gasteiger partial charge < -0.3 is 14.7 Å². The van der Waals surface area contributed by atoms with Gasteiger partial charge in [-0.05, 0) is 30.0 Å². The quantitative estimate of drug-likeness (QED) is 0.915. The van der Waals surface area contributed by atoms with Crippen molar-refractivity contribution in [1.82, 2.24) is 4.90 Å². The SMILES string of the molecule is O=C(O)[C@@H]1CCCN(C(=O)Cc2ccc3c(c2)CCO3)C1. The second-order valence-electron chi connectivity index (χ2n) is 5.73. The van der Waals surface area contributed by atoms with E-state index in [1.807, 2.05) is 18.2 Å². The number of ether oxygens (including phenoxy) is 1. The summed E-state index contributed by atoms with van der Waals surface area (Å²) < 4.78 is 5.45. The van der Waals surface area contributed by atoms with Crippen molar-refractivity contribution in [1.29, 1.82) is 0 Å². The monoisotopic (exact) mass is 289 g/mol. The summed E-state index contributed by atoms with van der Waals surface area (Å²) in [5.74, 6) is -0.298. The van der Waals surface area contributed by atoms with Crippen LogP contribution in [0.25, 0.3) is 0 Å². The highest BCUT2D eigenvalue weighted by atomic mass is 16.5. The molecule has 1 aromatic rings. The highest BCUT2D eigenvalue weighted by molar-refractivity contribution is 5.80. The molecule has 5 nitrogen and oxygen atoms in total. The van der Waals surface area contributed by atoms with Crippen LogP contribution in [-0.2, 0) is 22.4 Å². The molecule has 3 rings (SSSR count). The third-order valence-electron chi connectivity index (χ3n) is 4.23. The number of carbonyl (C=O) groups excluding carboxylic acids is 1. The van der Waals surface area contributed by atoms with E-state index in [1.54, 1.807) is 4.90 Å². The largest absolute Gasteiger partial charge is 0.493 e. The molecular formula is C16H19NO4. The zero-order chi connectivity index (χ0) is 14.8. The first-order chi connectivity index (χ1) is 10.1. The van der Waals surface area contributed by atoms with Crippen LogP contribution in [0.1, 0.15) is 24.0 Å². The molecule has 1 N–H and O–H groups in total. The lowest BCUT2D eigenvalue weighted by molar-refractivity contribution is -0.145. The van der Waals surface area contributed by atoms with Crippen LogP contribution in [0, 0.1) is 5.92 Å². The van der Waals surface area contributed by atoms with Crippen LogP contribution in [0.5, 0.6) is 5.75 Å². The summed E-state index contributed by atoms with van der Waals surface area (Å²) in [7, 11) is 0. The van der Waals surface area contributed by atoms with Gasteiger partial charge in [-0.2, -0.15) is 0 Å². The number of carbonyl (C=O) groups is 2. The highest BCUT2D eigenvalue weighted by Gasteiger charge is 2.28. The Bertz CT molecular complexity index is 569. The number of piperidine rings is 1. The zero-order valence-corrected chi connectivity index (χ0v) is 11.9. The molecule has 2 aliphatic rings. The van der Waals surface area contributed by atoms with Gasteiger partial charge in [0.05, 0.1) is 18.9 Å². The Hall–Kier alpha value is -2.04. The number of hydrogen-bond acceptors (Lipinski definition) is 3. The smallest absolute Gasteiger partial charge is 0.308 e. The van der Waals surface area contributed by atoms with Crippen molar-refractivity contribution in [2.75, 3.05) is 19.7 Å². The maximum absolute atomic E-state index is 12.3. The molecule has 0 saturated carbocycles. The van der Waals surface area contributed by atoms with Gasteiger partial charge in [-0.15, -0.1) is 0 Å². The Kier molecular flexibility index (Phi) is 3.82. The summed E-state index contributed by atoms with van der Waals surface area (Å²) in [6.07, 6.45) is 2.65. The predicted octanol–water partition coefficient (Wildman–Crippen LogP) is 1.49. The summed E-state index contributed by atoms with van der Waals surface area (Å²) in [5.41, 5.74) is 2.13. The van der Waals surface area contributed by atoms with E-state index in [2.05, 4.69) is 0 Å². The Morgan fingerprint density at radius 2 is 2.24 bits per heavy atom. The number of carboxylic acids is 1. The topological polar surface area (TPSA) is 66.8 Å². The van der Waals surface area contributed by atoms with E-state index in [9.17, 15) is 9.59 Å². The van der Waals surface area contributed by atoms with Crippen molar-refractivity contribution in [3.63, 3.8) is 0 Å². The van der Waals surface area contributed by atoms with Crippen molar-refractivity contribution in [2.45, 2.75) is 25.7 Å². The normalized spacial score (nSPS) is 20.8. The molecular weight excluding hydrogens is 270 g/mol. The van der Waals surface area contributed by atoms with Gasteiger partial charge in [0.15, 0.2) is 0 Å². The molecule has 1 aromatic carbocycles. The number of rotatable bonds is 3. The lowest BCUT2D eigenvalue weighted by Crippen LogP contribution is -2.43. The van der Waals surface area contributed by atoms with Gasteiger partial charge in [0.1, 0.15) is 5.75 Å². The highest BCUT2D eigenvalue weighted by Crippen LogP contribution is 2.26. The van der Waals surface area contributed by atoms with E-state index in [-0.39, 0.29) is 5.91 Å². The molecule has 112 valence electrons. The van der Waals surface area contributed by atoms with Gasteiger partial charge in [0.2, 0.25) is 5.91 Å². The minimum Gasteiger partial charge on any atom is -0.493 e. The van der Waals surface area contributed by atoms with Crippen molar-refractivity contribution >= 4 is 11.9 Å². The Morgan fingerprint density at radius 1 is 1.38 bits per heavy atom. The van der Waals surface area contributed by atoms with E-state index in [4.69, 9.17) is 9.84 Å². The molecule has 5 heteroatoms. The Labute approximate surface area is 123 Å². The van der Waals surface area contributed by atoms with Crippen LogP contribution >= 0.6 is 0 Å². The summed E-state index contributed by atoms with van der Waals surface area (Å²) >= 11 is 0. The third-order valence-corrected chi connectivity index (χ3v) is 4.23. The van der Waals surface area contributed by atoms with Crippen LogP contribution in [0.3, 0.4) is 0 Å². The van der Waals surface area contributed by atoms with Gasteiger partial charge in [-0.3, -0.25) is 9.59 Å². The maximum Gasteiger partial charge on any atom is 0.308 e. The van der Waals surface area contributed by atoms with Crippen LogP contribution in [0.2, 0.25) is 0 Å². The van der Waals surface area contributed by atoms with Gasteiger partial charge in [-0.1, -0.05) is 12.1 Å². The second kappa shape index (κ2) is 5.76. The van der Waals surface area contributed by atoms with Crippen LogP contribution < -0.4 is 4.74 Å². The molecule has 1 saturated heterocycles. The molecule has 0 spiro atoms. The molecule has 1 atom stereocenters. The third kappa shape index (κ3) is 3.01. The van der Waals surface area contributed by atoms with Gasteiger partial charge in [0.25, 0.3) is 0 Å². The molecule has 2 aliphatic heterocycles. The van der Waals surface area contributed by atoms with Crippen molar-refractivity contribution in [2.24, 2.45) is 5.92 Å². The first-order valence-corrected chi connectivity index (χ1v) is 7.38. The van der Waals surface area contributed by atoms with Crippen molar-refractivity contribution in [3.05, 3.63) is 29.3 Å². The zero-order valence-electron chi connectivity index (χ0n) is 11.9. The Morgan fingerprint density at radius 3 is 3.05 bits per heavy atom. The fourth-order valence-corrected chi connectivity index (χ4v) is 3.04.